The van der Waals surface area contributed by atoms with Gasteiger partial charge in [-0.05, 0) is 6.42 Å². The number of nitrogens with zero attached hydrogens (tertiary/aromatic N) is 2. The van der Waals surface area contributed by atoms with Crippen LogP contribution in [0.2, 0.25) is 0 Å². The fourth-order valence-electron chi connectivity index (χ4n) is 1.65. The molecule has 0 aliphatic carbocycles. The van der Waals surface area contributed by atoms with Crippen molar-refractivity contribution in [3.63, 3.8) is 0 Å². The third kappa shape index (κ3) is 2.18. The standard InChI is InChI=1S/C12H13N3O2/c1-2-6-15-7-5-14-12(15)11(17)9-8-13-4-3-10(9)16/h3-5,7-8H,2,6H2,1H3,(H,13,16). The predicted molar refractivity (Wildman–Crippen MR) is 63.0 cm³/mol. The van der Waals surface area contributed by atoms with Gasteiger partial charge in [0.1, 0.15) is 0 Å². The van der Waals surface area contributed by atoms with Gasteiger partial charge in [-0.3, -0.25) is 9.59 Å². The molecule has 0 radical (unpaired) electrons. The molecule has 2 aromatic heterocycles. The lowest BCUT2D eigenvalue weighted by Gasteiger charge is -2.04. The molecule has 0 fully saturated rings. The molecule has 88 valence electrons. The Bertz CT molecular complexity index is 583. The molecule has 0 amide bonds. The van der Waals surface area contributed by atoms with Crippen LogP contribution in [-0.4, -0.2) is 20.3 Å². The van der Waals surface area contributed by atoms with Gasteiger partial charge in [0, 0.05) is 37.4 Å². The van der Waals surface area contributed by atoms with Gasteiger partial charge in [0.25, 0.3) is 0 Å². The fraction of sp³-hybridized carbons (Fsp3) is 0.250. The van der Waals surface area contributed by atoms with E-state index in [1.54, 1.807) is 17.0 Å². The zero-order valence-corrected chi connectivity index (χ0v) is 9.51. The van der Waals surface area contributed by atoms with Gasteiger partial charge in [0.15, 0.2) is 11.3 Å². The smallest absolute Gasteiger partial charge is 0.233 e. The number of ketones is 1. The number of nitrogens with one attached hydrogen (secondary N) is 1. The van der Waals surface area contributed by atoms with Crippen LogP contribution in [-0.2, 0) is 6.54 Å². The number of rotatable bonds is 4. The van der Waals surface area contributed by atoms with E-state index < -0.39 is 0 Å². The molecule has 2 heterocycles. The van der Waals surface area contributed by atoms with Crippen LogP contribution < -0.4 is 5.43 Å². The number of aryl methyl sites for hydroxylation is 1. The Kier molecular flexibility index (Phi) is 3.18. The number of pyridine rings is 1. The summed E-state index contributed by atoms with van der Waals surface area (Å²) >= 11 is 0. The van der Waals surface area contributed by atoms with Gasteiger partial charge < -0.3 is 9.55 Å². The molecule has 2 rings (SSSR count). The summed E-state index contributed by atoms with van der Waals surface area (Å²) in [4.78, 5) is 30.4. The van der Waals surface area contributed by atoms with Gasteiger partial charge in [-0.15, -0.1) is 0 Å². The Morgan fingerprint density at radius 2 is 2.35 bits per heavy atom. The van der Waals surface area contributed by atoms with Crippen LogP contribution >= 0.6 is 0 Å². The molecular weight excluding hydrogens is 218 g/mol. The van der Waals surface area contributed by atoms with Gasteiger partial charge in [-0.25, -0.2) is 4.98 Å². The van der Waals surface area contributed by atoms with E-state index in [0.717, 1.165) is 6.42 Å². The lowest BCUT2D eigenvalue weighted by Crippen LogP contribution is -2.19. The maximum Gasteiger partial charge on any atom is 0.233 e. The number of aromatic nitrogens is 3. The lowest BCUT2D eigenvalue weighted by molar-refractivity contribution is 0.102. The van der Waals surface area contributed by atoms with Crippen LogP contribution in [0.4, 0.5) is 0 Å². The number of carbonyl (C=O) groups is 1. The number of carbonyl (C=O) groups excluding carboxylic acids is 1. The number of hydrogen-bond donors (Lipinski definition) is 1. The van der Waals surface area contributed by atoms with E-state index in [-0.39, 0.29) is 16.8 Å². The second-order valence-electron chi connectivity index (χ2n) is 3.70. The molecule has 0 aliphatic heterocycles. The topological polar surface area (TPSA) is 67.8 Å². The van der Waals surface area contributed by atoms with E-state index >= 15 is 0 Å². The Hall–Kier alpha value is -2.17. The molecule has 17 heavy (non-hydrogen) atoms. The van der Waals surface area contributed by atoms with Gasteiger partial charge >= 0.3 is 0 Å². The van der Waals surface area contributed by atoms with Gasteiger partial charge in [-0.2, -0.15) is 0 Å². The molecule has 1 N–H and O–H groups in total. The molecule has 0 unspecified atom stereocenters. The predicted octanol–water partition coefficient (Wildman–Crippen LogP) is 1.21. The minimum absolute atomic E-state index is 0.121. The van der Waals surface area contributed by atoms with E-state index in [4.69, 9.17) is 0 Å². The van der Waals surface area contributed by atoms with Crippen molar-refractivity contribution in [3.05, 3.63) is 52.5 Å². The highest BCUT2D eigenvalue weighted by atomic mass is 16.1. The van der Waals surface area contributed by atoms with Crippen LogP contribution in [0.5, 0.6) is 0 Å². The van der Waals surface area contributed by atoms with Crippen LogP contribution in [0, 0.1) is 0 Å². The number of imidazole rings is 1. The first-order valence-electron chi connectivity index (χ1n) is 5.47. The van der Waals surface area contributed by atoms with Crippen molar-refractivity contribution in [3.8, 4) is 0 Å². The van der Waals surface area contributed by atoms with Crippen molar-refractivity contribution in [2.45, 2.75) is 19.9 Å². The second-order valence-corrected chi connectivity index (χ2v) is 3.70. The van der Waals surface area contributed by atoms with Gasteiger partial charge in [0.05, 0.1) is 5.56 Å². The third-order valence-corrected chi connectivity index (χ3v) is 2.45. The highest BCUT2D eigenvalue weighted by Crippen LogP contribution is 2.05. The minimum Gasteiger partial charge on any atom is -0.367 e. The minimum atomic E-state index is -0.342. The van der Waals surface area contributed by atoms with E-state index in [9.17, 15) is 9.59 Å². The van der Waals surface area contributed by atoms with Crippen molar-refractivity contribution in [1.82, 2.24) is 14.5 Å². The van der Waals surface area contributed by atoms with Crippen LogP contribution in [0.3, 0.4) is 0 Å². The largest absolute Gasteiger partial charge is 0.367 e. The summed E-state index contributed by atoms with van der Waals surface area (Å²) in [5.41, 5.74) is -0.171. The molecule has 0 saturated carbocycles. The summed E-state index contributed by atoms with van der Waals surface area (Å²) < 4.78 is 1.76. The van der Waals surface area contributed by atoms with Gasteiger partial charge in [0.2, 0.25) is 5.78 Å². The monoisotopic (exact) mass is 231 g/mol. The lowest BCUT2D eigenvalue weighted by atomic mass is 10.2. The van der Waals surface area contributed by atoms with E-state index in [1.807, 2.05) is 6.92 Å². The van der Waals surface area contributed by atoms with E-state index in [0.29, 0.717) is 12.4 Å². The summed E-state index contributed by atoms with van der Waals surface area (Å²) in [6.45, 7) is 2.73. The molecule has 0 aromatic carbocycles. The molecular formula is C12H13N3O2. The highest BCUT2D eigenvalue weighted by Gasteiger charge is 2.17. The summed E-state index contributed by atoms with van der Waals surface area (Å²) in [5, 5.41) is 0. The molecule has 5 heteroatoms. The molecule has 0 spiro atoms. The van der Waals surface area contributed by atoms with Crippen molar-refractivity contribution >= 4 is 5.78 Å². The quantitative estimate of drug-likeness (QED) is 0.804. The number of hydrogen-bond acceptors (Lipinski definition) is 3. The summed E-state index contributed by atoms with van der Waals surface area (Å²) in [7, 11) is 0. The highest BCUT2D eigenvalue weighted by molar-refractivity contribution is 6.06. The Morgan fingerprint density at radius 3 is 3.06 bits per heavy atom. The average molecular weight is 231 g/mol. The third-order valence-electron chi connectivity index (χ3n) is 2.45. The van der Waals surface area contributed by atoms with Crippen molar-refractivity contribution in [2.75, 3.05) is 0 Å². The molecule has 0 saturated heterocycles. The Balaban J connectivity index is 2.41. The molecule has 5 nitrogen and oxygen atoms in total. The van der Waals surface area contributed by atoms with E-state index in [1.165, 1.54) is 18.5 Å². The SMILES string of the molecule is CCCn1ccnc1C(=O)c1c[nH]ccc1=O. The molecule has 0 aliphatic rings. The Morgan fingerprint density at radius 1 is 1.53 bits per heavy atom. The number of aromatic amines is 1. The van der Waals surface area contributed by atoms with Crippen LogP contribution in [0.15, 0.2) is 35.6 Å². The molecule has 2 aromatic rings. The van der Waals surface area contributed by atoms with Crippen LogP contribution in [0.25, 0.3) is 0 Å². The first-order valence-corrected chi connectivity index (χ1v) is 5.47. The summed E-state index contributed by atoms with van der Waals surface area (Å²) in [6, 6.07) is 1.33. The van der Waals surface area contributed by atoms with Crippen molar-refractivity contribution < 1.29 is 4.79 Å². The van der Waals surface area contributed by atoms with E-state index in [2.05, 4.69) is 9.97 Å². The Labute approximate surface area is 98.1 Å². The maximum absolute atomic E-state index is 12.1. The first kappa shape index (κ1) is 11.3. The van der Waals surface area contributed by atoms with Gasteiger partial charge in [-0.1, -0.05) is 6.92 Å². The van der Waals surface area contributed by atoms with Crippen molar-refractivity contribution in [1.29, 1.82) is 0 Å². The molecule has 0 atom stereocenters. The van der Waals surface area contributed by atoms with Crippen LogP contribution in [0.1, 0.15) is 29.5 Å². The average Bonchev–Trinajstić information content (AvgIpc) is 2.78. The normalized spacial score (nSPS) is 10.4. The molecule has 0 bridgehead atoms. The van der Waals surface area contributed by atoms with Crippen molar-refractivity contribution in [2.24, 2.45) is 0 Å². The first-order chi connectivity index (χ1) is 8.24. The zero-order valence-electron chi connectivity index (χ0n) is 9.51. The number of H-pyrrole nitrogens is 1. The maximum atomic E-state index is 12.1. The zero-order chi connectivity index (χ0) is 12.3. The summed E-state index contributed by atoms with van der Waals surface area (Å²) in [5.74, 6) is -0.0335. The summed E-state index contributed by atoms with van der Waals surface area (Å²) in [6.07, 6.45) is 7.13. The fourth-order valence-corrected chi connectivity index (χ4v) is 1.65. The second kappa shape index (κ2) is 4.78.